The van der Waals surface area contributed by atoms with Crippen LogP contribution in [0.5, 0.6) is 0 Å². The largest absolute Gasteiger partial charge is 0.322 e. The van der Waals surface area contributed by atoms with Gasteiger partial charge in [0.1, 0.15) is 0 Å². The Labute approximate surface area is 78.2 Å². The van der Waals surface area contributed by atoms with Crippen LogP contribution < -0.4 is 5.56 Å². The SMILES string of the molecule is O=c1cc(C(F)F)c2ccccc2[nH]1. The van der Waals surface area contributed by atoms with E-state index in [9.17, 15) is 13.6 Å². The first kappa shape index (κ1) is 8.87. The molecule has 1 aromatic carbocycles. The molecule has 0 saturated heterocycles. The smallest absolute Gasteiger partial charge is 0.264 e. The highest BCUT2D eigenvalue weighted by Crippen LogP contribution is 2.24. The van der Waals surface area contributed by atoms with Crippen molar-refractivity contribution in [2.24, 2.45) is 0 Å². The summed E-state index contributed by atoms with van der Waals surface area (Å²) in [5.41, 5.74) is -0.279. The van der Waals surface area contributed by atoms with Gasteiger partial charge < -0.3 is 4.98 Å². The molecule has 2 nitrogen and oxygen atoms in total. The van der Waals surface area contributed by atoms with E-state index in [2.05, 4.69) is 4.98 Å². The molecule has 14 heavy (non-hydrogen) atoms. The molecular formula is C10H7F2NO. The van der Waals surface area contributed by atoms with Gasteiger partial charge in [-0.05, 0) is 6.07 Å². The number of alkyl halides is 2. The normalized spacial score (nSPS) is 11.1. The first-order valence-electron chi connectivity index (χ1n) is 4.08. The number of aromatic amines is 1. The van der Waals surface area contributed by atoms with Crippen molar-refractivity contribution in [3.05, 3.63) is 46.2 Å². The third-order valence-electron chi connectivity index (χ3n) is 2.02. The van der Waals surface area contributed by atoms with Crippen molar-refractivity contribution in [2.75, 3.05) is 0 Å². The lowest BCUT2D eigenvalue weighted by atomic mass is 10.1. The molecule has 0 atom stereocenters. The van der Waals surface area contributed by atoms with Gasteiger partial charge in [-0.2, -0.15) is 0 Å². The maximum absolute atomic E-state index is 12.5. The van der Waals surface area contributed by atoms with Crippen LogP contribution in [0, 0.1) is 0 Å². The fourth-order valence-corrected chi connectivity index (χ4v) is 1.41. The number of nitrogens with one attached hydrogen (secondary N) is 1. The average Bonchev–Trinajstić information content (AvgIpc) is 2.16. The molecule has 72 valence electrons. The lowest BCUT2D eigenvalue weighted by molar-refractivity contribution is 0.153. The molecule has 1 heterocycles. The van der Waals surface area contributed by atoms with Crippen LogP contribution in [0.15, 0.2) is 35.1 Å². The monoisotopic (exact) mass is 195 g/mol. The molecule has 0 saturated carbocycles. The maximum atomic E-state index is 12.5. The zero-order valence-electron chi connectivity index (χ0n) is 7.13. The van der Waals surface area contributed by atoms with Crippen LogP contribution in [0.3, 0.4) is 0 Å². The van der Waals surface area contributed by atoms with Gasteiger partial charge in [0.05, 0.1) is 0 Å². The summed E-state index contributed by atoms with van der Waals surface area (Å²) in [6, 6.07) is 7.45. The van der Waals surface area contributed by atoms with E-state index in [0.29, 0.717) is 10.9 Å². The minimum atomic E-state index is -2.62. The first-order valence-corrected chi connectivity index (χ1v) is 4.08. The van der Waals surface area contributed by atoms with Crippen LogP contribution >= 0.6 is 0 Å². The second kappa shape index (κ2) is 3.21. The van der Waals surface area contributed by atoms with Crippen molar-refractivity contribution in [2.45, 2.75) is 6.43 Å². The molecular weight excluding hydrogens is 188 g/mol. The quantitative estimate of drug-likeness (QED) is 0.744. The molecule has 0 aliphatic rings. The van der Waals surface area contributed by atoms with Crippen LogP contribution in [0.4, 0.5) is 8.78 Å². The van der Waals surface area contributed by atoms with E-state index in [1.54, 1.807) is 24.3 Å². The van der Waals surface area contributed by atoms with Crippen LogP contribution in [0.25, 0.3) is 10.9 Å². The molecule has 0 unspecified atom stereocenters. The van der Waals surface area contributed by atoms with Gasteiger partial charge >= 0.3 is 0 Å². The minimum absolute atomic E-state index is 0.218. The number of hydrogen-bond donors (Lipinski definition) is 1. The van der Waals surface area contributed by atoms with Crippen molar-refractivity contribution in [3.8, 4) is 0 Å². The van der Waals surface area contributed by atoms with Gasteiger partial charge in [-0.1, -0.05) is 18.2 Å². The summed E-state index contributed by atoms with van der Waals surface area (Å²) in [7, 11) is 0. The molecule has 1 aromatic heterocycles. The van der Waals surface area contributed by atoms with E-state index in [-0.39, 0.29) is 5.56 Å². The number of benzene rings is 1. The van der Waals surface area contributed by atoms with Crippen molar-refractivity contribution in [1.82, 2.24) is 4.98 Å². The maximum Gasteiger partial charge on any atom is 0.264 e. The zero-order valence-corrected chi connectivity index (χ0v) is 7.13. The summed E-state index contributed by atoms with van der Waals surface area (Å²) < 4.78 is 25.0. The molecule has 4 heteroatoms. The lowest BCUT2D eigenvalue weighted by Gasteiger charge is -2.03. The molecule has 1 N–H and O–H groups in total. The highest BCUT2D eigenvalue weighted by molar-refractivity contribution is 5.81. The van der Waals surface area contributed by atoms with Gasteiger partial charge in [0.2, 0.25) is 5.56 Å². The van der Waals surface area contributed by atoms with Crippen molar-refractivity contribution in [3.63, 3.8) is 0 Å². The Kier molecular flexibility index (Phi) is 2.04. The molecule has 2 rings (SSSR count). The molecule has 0 aliphatic carbocycles. The number of halogens is 2. The number of hydrogen-bond acceptors (Lipinski definition) is 1. The highest BCUT2D eigenvalue weighted by atomic mass is 19.3. The number of H-pyrrole nitrogens is 1. The third kappa shape index (κ3) is 1.39. The molecule has 0 amide bonds. The Hall–Kier alpha value is -1.71. The predicted octanol–water partition coefficient (Wildman–Crippen LogP) is 2.47. The van der Waals surface area contributed by atoms with Gasteiger partial charge in [-0.15, -0.1) is 0 Å². The number of fused-ring (bicyclic) bond motifs is 1. The average molecular weight is 195 g/mol. The Morgan fingerprint density at radius 1 is 1.21 bits per heavy atom. The van der Waals surface area contributed by atoms with E-state index >= 15 is 0 Å². The zero-order chi connectivity index (χ0) is 10.1. The van der Waals surface area contributed by atoms with Crippen molar-refractivity contribution in [1.29, 1.82) is 0 Å². The number of para-hydroxylation sites is 1. The summed E-state index contributed by atoms with van der Waals surface area (Å²) in [4.78, 5) is 13.5. The van der Waals surface area contributed by atoms with Gasteiger partial charge in [0, 0.05) is 22.5 Å². The fourth-order valence-electron chi connectivity index (χ4n) is 1.41. The molecule has 0 bridgehead atoms. The Morgan fingerprint density at radius 2 is 1.93 bits per heavy atom. The standard InChI is InChI=1S/C10H7F2NO/c11-10(12)7-5-9(14)13-8-4-2-1-3-6(7)8/h1-5,10H,(H,13,14). The van der Waals surface area contributed by atoms with E-state index in [0.717, 1.165) is 6.07 Å². The van der Waals surface area contributed by atoms with E-state index in [1.165, 1.54) is 0 Å². The van der Waals surface area contributed by atoms with Crippen LogP contribution in [-0.4, -0.2) is 4.98 Å². The summed E-state index contributed by atoms with van der Waals surface area (Å²) in [6.07, 6.45) is -2.62. The van der Waals surface area contributed by atoms with Gasteiger partial charge in [0.25, 0.3) is 6.43 Å². The molecule has 0 aliphatic heterocycles. The van der Waals surface area contributed by atoms with Gasteiger partial charge in [0.15, 0.2) is 0 Å². The Balaban J connectivity index is 2.87. The van der Waals surface area contributed by atoms with E-state index in [4.69, 9.17) is 0 Å². The van der Waals surface area contributed by atoms with E-state index < -0.39 is 12.0 Å². The van der Waals surface area contributed by atoms with E-state index in [1.807, 2.05) is 0 Å². The van der Waals surface area contributed by atoms with Crippen LogP contribution in [0.2, 0.25) is 0 Å². The number of rotatable bonds is 1. The first-order chi connectivity index (χ1) is 6.68. The Morgan fingerprint density at radius 3 is 2.64 bits per heavy atom. The fraction of sp³-hybridized carbons (Fsp3) is 0.100. The summed E-state index contributed by atoms with van der Waals surface area (Å²) in [6.45, 7) is 0. The minimum Gasteiger partial charge on any atom is -0.322 e. The number of pyridine rings is 1. The van der Waals surface area contributed by atoms with Gasteiger partial charge in [-0.25, -0.2) is 8.78 Å². The molecule has 0 fully saturated rings. The second-order valence-electron chi connectivity index (χ2n) is 2.94. The summed E-state index contributed by atoms with van der Waals surface area (Å²) in [5, 5.41) is 0.391. The highest BCUT2D eigenvalue weighted by Gasteiger charge is 2.11. The lowest BCUT2D eigenvalue weighted by Crippen LogP contribution is -2.06. The van der Waals surface area contributed by atoms with Crippen LogP contribution in [-0.2, 0) is 0 Å². The molecule has 2 aromatic rings. The number of aromatic nitrogens is 1. The summed E-state index contributed by atoms with van der Waals surface area (Å²) in [5.74, 6) is 0. The molecule has 0 radical (unpaired) electrons. The molecule has 0 spiro atoms. The van der Waals surface area contributed by atoms with Crippen molar-refractivity contribution >= 4 is 10.9 Å². The Bertz CT molecular complexity index is 519. The van der Waals surface area contributed by atoms with Gasteiger partial charge in [-0.3, -0.25) is 4.79 Å². The predicted molar refractivity (Wildman–Crippen MR) is 49.5 cm³/mol. The van der Waals surface area contributed by atoms with Crippen molar-refractivity contribution < 1.29 is 8.78 Å². The second-order valence-corrected chi connectivity index (χ2v) is 2.94. The third-order valence-corrected chi connectivity index (χ3v) is 2.02. The summed E-state index contributed by atoms with van der Waals surface area (Å²) >= 11 is 0. The topological polar surface area (TPSA) is 32.9 Å². The van der Waals surface area contributed by atoms with Crippen LogP contribution in [0.1, 0.15) is 12.0 Å².